The number of rotatable bonds is 6. The predicted octanol–water partition coefficient (Wildman–Crippen LogP) is 6.04. The van der Waals surface area contributed by atoms with Crippen LogP contribution in [0.1, 0.15) is 87.1 Å². The highest BCUT2D eigenvalue weighted by Gasteiger charge is 2.46. The Balaban J connectivity index is 1.32. The normalized spacial score (nSPS) is 19.3. The van der Waals surface area contributed by atoms with E-state index in [0.717, 1.165) is 88.0 Å². The summed E-state index contributed by atoms with van der Waals surface area (Å²) in [6.07, 6.45) is 9.76. The van der Waals surface area contributed by atoms with Gasteiger partial charge in [-0.05, 0) is 93.4 Å². The van der Waals surface area contributed by atoms with E-state index in [4.69, 9.17) is 21.7 Å². The molecule has 1 aromatic heterocycles. The lowest BCUT2D eigenvalue weighted by molar-refractivity contribution is -0.137. The number of carboxylic acid groups (broad SMARTS) is 1. The van der Waals surface area contributed by atoms with Crippen LogP contribution >= 0.6 is 11.6 Å². The lowest BCUT2D eigenvalue weighted by Crippen LogP contribution is -2.34. The first kappa shape index (κ1) is 24.6. The minimum absolute atomic E-state index is 0.204. The number of aliphatic carboxylic acids is 1. The quantitative estimate of drug-likeness (QED) is 0.402. The molecule has 37 heavy (non-hydrogen) atoms. The molecule has 1 saturated carbocycles. The molecule has 2 fully saturated rings. The molecule has 1 saturated heterocycles. The second-order valence-electron chi connectivity index (χ2n) is 11.1. The van der Waals surface area contributed by atoms with Crippen molar-refractivity contribution >= 4 is 28.5 Å². The van der Waals surface area contributed by atoms with E-state index in [9.17, 15) is 9.59 Å². The standard InChI is InChI=1S/C30H34ClN3O3/c31-23-7-6-8-25-27(23)28(37)32-29-30(14-3-1-4-15-30)22-19-21(10-11-24(22)34(25)29)20-12-17-33(18-13-20)16-5-2-9-26(35)36/h6-8,10-11,19-20H,1-5,9,12-18H2,(H,35,36). The van der Waals surface area contributed by atoms with E-state index in [-0.39, 0.29) is 17.4 Å². The summed E-state index contributed by atoms with van der Waals surface area (Å²) >= 11 is 6.48. The topological polar surface area (TPSA) is 75.4 Å². The fourth-order valence-electron chi connectivity index (χ4n) is 7.05. The van der Waals surface area contributed by atoms with Gasteiger partial charge in [-0.25, -0.2) is 0 Å². The van der Waals surface area contributed by atoms with Crippen LogP contribution in [0.25, 0.3) is 16.6 Å². The van der Waals surface area contributed by atoms with Crippen LogP contribution in [0.3, 0.4) is 0 Å². The highest BCUT2D eigenvalue weighted by Crippen LogP contribution is 2.52. The maximum atomic E-state index is 13.2. The molecule has 1 spiro atoms. The molecule has 0 radical (unpaired) electrons. The molecule has 6 nitrogen and oxygen atoms in total. The minimum atomic E-state index is -0.705. The Bertz CT molecular complexity index is 1400. The lowest BCUT2D eigenvalue weighted by atomic mass is 9.69. The molecule has 6 rings (SSSR count). The summed E-state index contributed by atoms with van der Waals surface area (Å²) in [4.78, 5) is 31.1. The van der Waals surface area contributed by atoms with Crippen molar-refractivity contribution < 1.29 is 9.90 Å². The summed E-state index contributed by atoms with van der Waals surface area (Å²) in [6, 6.07) is 12.7. The van der Waals surface area contributed by atoms with Gasteiger partial charge >= 0.3 is 5.97 Å². The summed E-state index contributed by atoms with van der Waals surface area (Å²) in [5.74, 6) is 0.712. The fraction of sp³-hybridized carbons (Fsp3) is 0.500. The molecule has 3 aliphatic rings. The Morgan fingerprint density at radius 3 is 2.62 bits per heavy atom. The van der Waals surface area contributed by atoms with E-state index in [1.165, 1.54) is 17.5 Å². The van der Waals surface area contributed by atoms with Gasteiger partial charge in [0.1, 0.15) is 5.82 Å². The SMILES string of the molecule is O=C(O)CCCCN1CCC(c2ccc3c(c2)C2(CCCCC2)c2nc(=O)c4c(Cl)cccc4n2-3)CC1. The molecule has 2 aliphatic heterocycles. The number of likely N-dealkylation sites (tertiary alicyclic amines) is 1. The molecule has 194 valence electrons. The third-order valence-corrected chi connectivity index (χ3v) is 9.27. The van der Waals surface area contributed by atoms with Crippen molar-refractivity contribution in [2.45, 2.75) is 75.5 Å². The van der Waals surface area contributed by atoms with Crippen LogP contribution in [0.4, 0.5) is 0 Å². The van der Waals surface area contributed by atoms with Gasteiger partial charge in [0.05, 0.1) is 27.0 Å². The van der Waals surface area contributed by atoms with Crippen LogP contribution in [-0.2, 0) is 10.2 Å². The first-order valence-electron chi connectivity index (χ1n) is 13.8. The number of hydrogen-bond acceptors (Lipinski definition) is 4. The second-order valence-corrected chi connectivity index (χ2v) is 11.5. The van der Waals surface area contributed by atoms with Crippen LogP contribution in [-0.4, -0.2) is 45.2 Å². The van der Waals surface area contributed by atoms with E-state index in [1.807, 2.05) is 12.1 Å². The van der Waals surface area contributed by atoms with Gasteiger partial charge in [-0.15, -0.1) is 0 Å². The van der Waals surface area contributed by atoms with Gasteiger partial charge in [0, 0.05) is 6.42 Å². The van der Waals surface area contributed by atoms with E-state index in [1.54, 1.807) is 6.07 Å². The predicted molar refractivity (Wildman–Crippen MR) is 146 cm³/mol. The van der Waals surface area contributed by atoms with Crippen molar-refractivity contribution in [2.75, 3.05) is 19.6 Å². The number of halogens is 1. The van der Waals surface area contributed by atoms with Crippen molar-refractivity contribution in [2.24, 2.45) is 0 Å². The molecule has 1 N–H and O–H groups in total. The summed E-state index contributed by atoms with van der Waals surface area (Å²) in [7, 11) is 0. The van der Waals surface area contributed by atoms with Crippen LogP contribution in [0, 0.1) is 0 Å². The van der Waals surface area contributed by atoms with Crippen molar-refractivity contribution in [3.05, 3.63) is 68.7 Å². The molecule has 0 atom stereocenters. The number of fused-ring (bicyclic) bond motifs is 7. The maximum absolute atomic E-state index is 13.2. The molecule has 0 bridgehead atoms. The third kappa shape index (κ3) is 4.28. The molecular formula is C30H34ClN3O3. The monoisotopic (exact) mass is 519 g/mol. The number of benzene rings is 2. The number of aromatic nitrogens is 2. The number of hydrogen-bond donors (Lipinski definition) is 1. The van der Waals surface area contributed by atoms with E-state index in [0.29, 0.717) is 16.3 Å². The lowest BCUT2D eigenvalue weighted by Gasteiger charge is -2.35. The van der Waals surface area contributed by atoms with Crippen LogP contribution in [0.5, 0.6) is 0 Å². The first-order valence-corrected chi connectivity index (χ1v) is 14.2. The number of nitrogens with zero attached hydrogens (tertiary/aromatic N) is 3. The van der Waals surface area contributed by atoms with Crippen LogP contribution in [0.2, 0.25) is 5.02 Å². The molecule has 1 aliphatic carbocycles. The van der Waals surface area contributed by atoms with E-state index in [2.05, 4.69) is 27.7 Å². The number of carboxylic acids is 1. The Hall–Kier alpha value is -2.70. The van der Waals surface area contributed by atoms with Gasteiger partial charge in [0.2, 0.25) is 0 Å². The van der Waals surface area contributed by atoms with E-state index >= 15 is 0 Å². The first-order chi connectivity index (χ1) is 18.0. The zero-order valence-corrected chi connectivity index (χ0v) is 22.0. The van der Waals surface area contributed by atoms with E-state index < -0.39 is 5.97 Å². The molecule has 3 heterocycles. The zero-order valence-electron chi connectivity index (χ0n) is 21.2. The van der Waals surface area contributed by atoms with Crippen molar-refractivity contribution in [1.29, 1.82) is 0 Å². The van der Waals surface area contributed by atoms with Crippen molar-refractivity contribution in [3.63, 3.8) is 0 Å². The molecule has 0 amide bonds. The third-order valence-electron chi connectivity index (χ3n) is 8.95. The average Bonchev–Trinajstić information content (AvgIpc) is 3.16. The smallest absolute Gasteiger partial charge is 0.303 e. The van der Waals surface area contributed by atoms with Gasteiger partial charge < -0.3 is 10.0 Å². The van der Waals surface area contributed by atoms with Crippen LogP contribution < -0.4 is 5.56 Å². The van der Waals surface area contributed by atoms with Gasteiger partial charge in [-0.2, -0.15) is 4.98 Å². The summed E-state index contributed by atoms with van der Waals surface area (Å²) in [6.45, 7) is 3.09. The fourth-order valence-corrected chi connectivity index (χ4v) is 7.30. The Morgan fingerprint density at radius 2 is 1.86 bits per heavy atom. The van der Waals surface area contributed by atoms with Crippen molar-refractivity contribution in [3.8, 4) is 5.69 Å². The largest absolute Gasteiger partial charge is 0.481 e. The van der Waals surface area contributed by atoms with Crippen LogP contribution in [0.15, 0.2) is 41.2 Å². The van der Waals surface area contributed by atoms with Gasteiger partial charge in [-0.1, -0.05) is 49.1 Å². The Labute approximate surface area is 222 Å². The number of unbranched alkanes of at least 4 members (excludes halogenated alkanes) is 1. The molecular weight excluding hydrogens is 486 g/mol. The maximum Gasteiger partial charge on any atom is 0.303 e. The van der Waals surface area contributed by atoms with Gasteiger partial charge in [0.25, 0.3) is 5.56 Å². The average molecular weight is 520 g/mol. The minimum Gasteiger partial charge on any atom is -0.481 e. The Morgan fingerprint density at radius 1 is 1.08 bits per heavy atom. The zero-order chi connectivity index (χ0) is 25.6. The van der Waals surface area contributed by atoms with Gasteiger partial charge in [0.15, 0.2) is 0 Å². The molecule has 3 aromatic rings. The summed E-state index contributed by atoms with van der Waals surface area (Å²) in [5, 5.41) is 9.83. The molecule has 0 unspecified atom stereocenters. The Kier molecular flexibility index (Phi) is 6.58. The van der Waals surface area contributed by atoms with Gasteiger partial charge in [-0.3, -0.25) is 14.2 Å². The highest BCUT2D eigenvalue weighted by atomic mass is 35.5. The molecule has 7 heteroatoms. The number of carbonyl (C=O) groups is 1. The van der Waals surface area contributed by atoms with Crippen molar-refractivity contribution in [1.82, 2.24) is 14.5 Å². The summed E-state index contributed by atoms with van der Waals surface area (Å²) < 4.78 is 2.22. The number of piperidine rings is 1. The highest BCUT2D eigenvalue weighted by molar-refractivity contribution is 6.35. The molecule has 2 aromatic carbocycles. The second kappa shape index (κ2) is 9.88. The summed E-state index contributed by atoms with van der Waals surface area (Å²) in [5.41, 5.74) is 4.31.